The van der Waals surface area contributed by atoms with Gasteiger partial charge in [-0.05, 0) is 63.2 Å². The molecule has 1 amide bonds. The number of benzene rings is 2. The number of amides is 1. The molecule has 3 aromatic rings. The zero-order valence-electron chi connectivity index (χ0n) is 19.6. The molecule has 0 aliphatic carbocycles. The van der Waals surface area contributed by atoms with Crippen LogP contribution in [0.2, 0.25) is 5.02 Å². The molecule has 0 spiro atoms. The summed E-state index contributed by atoms with van der Waals surface area (Å²) >= 11 is 6.75. The van der Waals surface area contributed by atoms with E-state index in [1.807, 2.05) is 6.07 Å². The van der Waals surface area contributed by atoms with Crippen LogP contribution in [0.3, 0.4) is 0 Å². The number of hydrogen-bond donors (Lipinski definition) is 0. The summed E-state index contributed by atoms with van der Waals surface area (Å²) < 4.78 is 37.6. The number of fused-ring (bicyclic) bond motifs is 1. The molecule has 2 aromatic carbocycles. The molecule has 0 saturated heterocycles. The SMILES string of the molecule is CC(C)(C)OC(=O)N(CCOc1ccc(Cl)cc1)CCN(c1cc(Br)cc2cnccc12)S(=O)[O-]. The van der Waals surface area contributed by atoms with Gasteiger partial charge < -0.3 is 23.2 Å². The standard InChI is InChI=1S/C24H27BrClN3O5S/c1-24(2,3)34-23(30)28(12-13-33-20-6-4-19(26)5-7-20)10-11-29(35(31)32)22-15-18(25)14-17-16-27-9-8-21(17)22/h4-9,14-16H,10-13H2,1-3H3,(H,31,32)/p-1. The van der Waals surface area contributed by atoms with Crippen molar-refractivity contribution in [2.45, 2.75) is 26.4 Å². The normalized spacial score (nSPS) is 12.3. The Morgan fingerprint density at radius 1 is 1.14 bits per heavy atom. The number of anilines is 1. The number of ether oxygens (including phenoxy) is 2. The first-order valence-corrected chi connectivity index (χ1v) is 13.0. The second-order valence-corrected chi connectivity index (χ2v) is 10.8. The molecule has 1 aromatic heterocycles. The predicted molar refractivity (Wildman–Crippen MR) is 140 cm³/mol. The summed E-state index contributed by atoms with van der Waals surface area (Å²) in [7, 11) is 0. The molecule has 0 fully saturated rings. The van der Waals surface area contributed by atoms with Gasteiger partial charge >= 0.3 is 6.09 Å². The van der Waals surface area contributed by atoms with Gasteiger partial charge in [0.2, 0.25) is 0 Å². The molecule has 0 saturated carbocycles. The first kappa shape index (κ1) is 27.2. The molecule has 11 heteroatoms. The van der Waals surface area contributed by atoms with E-state index in [1.54, 1.807) is 69.6 Å². The van der Waals surface area contributed by atoms with Crippen LogP contribution in [0.4, 0.5) is 10.5 Å². The Morgan fingerprint density at radius 2 is 1.86 bits per heavy atom. The van der Waals surface area contributed by atoms with Crippen molar-refractivity contribution in [3.63, 3.8) is 0 Å². The average Bonchev–Trinajstić information content (AvgIpc) is 2.77. The van der Waals surface area contributed by atoms with Crippen LogP contribution in [0, 0.1) is 0 Å². The highest BCUT2D eigenvalue weighted by Crippen LogP contribution is 2.31. The van der Waals surface area contributed by atoms with Gasteiger partial charge in [-0.2, -0.15) is 0 Å². The Bertz CT molecular complexity index is 1190. The third-order valence-electron chi connectivity index (χ3n) is 4.81. The molecule has 188 valence electrons. The maximum absolute atomic E-state index is 12.9. The summed E-state index contributed by atoms with van der Waals surface area (Å²) in [4.78, 5) is 18.4. The molecule has 0 N–H and O–H groups in total. The Labute approximate surface area is 220 Å². The topological polar surface area (TPSA) is 95.0 Å². The summed E-state index contributed by atoms with van der Waals surface area (Å²) in [6.45, 7) is 5.80. The molecular formula is C24H26BrClN3O5S-. The molecular weight excluding hydrogens is 558 g/mol. The van der Waals surface area contributed by atoms with E-state index >= 15 is 0 Å². The minimum atomic E-state index is -2.59. The van der Waals surface area contributed by atoms with E-state index in [0.717, 1.165) is 10.8 Å². The highest BCUT2D eigenvalue weighted by molar-refractivity contribution is 9.10. The number of rotatable bonds is 9. The van der Waals surface area contributed by atoms with Crippen LogP contribution in [0.5, 0.6) is 5.75 Å². The Morgan fingerprint density at radius 3 is 2.51 bits per heavy atom. The maximum Gasteiger partial charge on any atom is 0.410 e. The third-order valence-corrected chi connectivity index (χ3v) is 6.26. The van der Waals surface area contributed by atoms with Gasteiger partial charge in [0.05, 0.1) is 12.2 Å². The molecule has 0 bridgehead atoms. The van der Waals surface area contributed by atoms with E-state index in [-0.39, 0.29) is 26.2 Å². The lowest BCUT2D eigenvalue weighted by atomic mass is 10.1. The minimum Gasteiger partial charge on any atom is -0.755 e. The second kappa shape index (κ2) is 12.0. The van der Waals surface area contributed by atoms with Crippen molar-refractivity contribution in [2.75, 3.05) is 30.5 Å². The van der Waals surface area contributed by atoms with E-state index < -0.39 is 23.0 Å². The monoisotopic (exact) mass is 582 g/mol. The molecule has 0 aliphatic rings. The number of carbonyl (C=O) groups excluding carboxylic acids is 1. The van der Waals surface area contributed by atoms with E-state index in [9.17, 15) is 13.6 Å². The van der Waals surface area contributed by atoms with Crippen molar-refractivity contribution in [3.05, 3.63) is 64.4 Å². The number of halogens is 2. The maximum atomic E-state index is 12.9. The van der Waals surface area contributed by atoms with Crippen LogP contribution >= 0.6 is 27.5 Å². The van der Waals surface area contributed by atoms with Gasteiger partial charge in [0.25, 0.3) is 0 Å². The number of pyridine rings is 1. The first-order valence-electron chi connectivity index (χ1n) is 10.8. The molecule has 8 nitrogen and oxygen atoms in total. The zero-order valence-corrected chi connectivity index (χ0v) is 22.7. The number of carbonyl (C=O) groups is 1. The molecule has 1 unspecified atom stereocenters. The summed E-state index contributed by atoms with van der Waals surface area (Å²) in [6.07, 6.45) is 2.71. The summed E-state index contributed by atoms with van der Waals surface area (Å²) in [5.41, 5.74) is -0.229. The first-order chi connectivity index (χ1) is 16.5. The summed E-state index contributed by atoms with van der Waals surface area (Å²) in [5.74, 6) is 0.607. The molecule has 1 heterocycles. The van der Waals surface area contributed by atoms with Gasteiger partial charge in [-0.25, -0.2) is 4.79 Å². The van der Waals surface area contributed by atoms with Gasteiger partial charge in [-0.3, -0.25) is 9.19 Å². The molecule has 1 atom stereocenters. The van der Waals surface area contributed by atoms with Crippen LogP contribution in [0.1, 0.15) is 20.8 Å². The van der Waals surface area contributed by atoms with Gasteiger partial charge in [-0.1, -0.05) is 27.5 Å². The zero-order chi connectivity index (χ0) is 25.6. The molecule has 3 rings (SSSR count). The van der Waals surface area contributed by atoms with Gasteiger partial charge in [-0.15, -0.1) is 0 Å². The smallest absolute Gasteiger partial charge is 0.410 e. The minimum absolute atomic E-state index is 0.0180. The number of nitrogens with zero attached hydrogens (tertiary/aromatic N) is 3. The van der Waals surface area contributed by atoms with Crippen molar-refractivity contribution < 1.29 is 23.0 Å². The van der Waals surface area contributed by atoms with Crippen LogP contribution in [-0.4, -0.2) is 56.6 Å². The summed E-state index contributed by atoms with van der Waals surface area (Å²) in [6, 6.07) is 12.2. The number of aromatic nitrogens is 1. The van der Waals surface area contributed by atoms with Crippen LogP contribution in [-0.2, 0) is 16.0 Å². The Balaban J connectivity index is 1.77. The average molecular weight is 584 g/mol. The predicted octanol–water partition coefficient (Wildman–Crippen LogP) is 5.57. The fourth-order valence-electron chi connectivity index (χ4n) is 3.27. The lowest BCUT2D eigenvalue weighted by molar-refractivity contribution is 0.0233. The molecule has 0 aliphatic heterocycles. The fraction of sp³-hybridized carbons (Fsp3) is 0.333. The fourth-order valence-corrected chi connectivity index (χ4v) is 4.40. The van der Waals surface area contributed by atoms with Gasteiger partial charge in [0.15, 0.2) is 0 Å². The van der Waals surface area contributed by atoms with Crippen molar-refractivity contribution in [1.29, 1.82) is 0 Å². The van der Waals surface area contributed by atoms with Gasteiger partial charge in [0, 0.05) is 57.0 Å². The molecule has 0 radical (unpaired) electrons. The lowest BCUT2D eigenvalue weighted by Crippen LogP contribution is -2.43. The van der Waals surface area contributed by atoms with Gasteiger partial charge in [0.1, 0.15) is 18.0 Å². The van der Waals surface area contributed by atoms with E-state index in [2.05, 4.69) is 20.9 Å². The van der Waals surface area contributed by atoms with Crippen LogP contribution < -0.4 is 9.04 Å². The largest absolute Gasteiger partial charge is 0.755 e. The van der Waals surface area contributed by atoms with Crippen LogP contribution in [0.25, 0.3) is 10.8 Å². The number of hydrogen-bond acceptors (Lipinski definition) is 6. The quantitative estimate of drug-likeness (QED) is 0.306. The van der Waals surface area contributed by atoms with E-state index in [0.29, 0.717) is 20.9 Å². The van der Waals surface area contributed by atoms with Crippen molar-refractivity contribution >= 4 is 61.4 Å². The Kier molecular flexibility index (Phi) is 9.34. The Hall–Kier alpha value is -2.40. The van der Waals surface area contributed by atoms with E-state index in [1.165, 1.54) is 9.21 Å². The highest BCUT2D eigenvalue weighted by atomic mass is 79.9. The van der Waals surface area contributed by atoms with E-state index in [4.69, 9.17) is 21.1 Å². The van der Waals surface area contributed by atoms with Crippen LogP contribution in [0.15, 0.2) is 59.3 Å². The highest BCUT2D eigenvalue weighted by Gasteiger charge is 2.23. The van der Waals surface area contributed by atoms with Crippen molar-refractivity contribution in [3.8, 4) is 5.75 Å². The third kappa shape index (κ3) is 8.06. The molecule has 35 heavy (non-hydrogen) atoms. The summed E-state index contributed by atoms with van der Waals surface area (Å²) in [5, 5.41) is 2.10. The van der Waals surface area contributed by atoms with Crippen molar-refractivity contribution in [1.82, 2.24) is 9.88 Å². The second-order valence-electron chi connectivity index (χ2n) is 8.61. The lowest BCUT2D eigenvalue weighted by Gasteiger charge is -2.32. The van der Waals surface area contributed by atoms with Crippen molar-refractivity contribution in [2.24, 2.45) is 0 Å².